The minimum Gasteiger partial charge on any atom is -0.386 e. The van der Waals surface area contributed by atoms with Gasteiger partial charge in [-0.3, -0.25) is 0 Å². The molecule has 0 bridgehead atoms. The van der Waals surface area contributed by atoms with Crippen molar-refractivity contribution in [1.29, 1.82) is 0 Å². The SMILES string of the molecule is CC(C)=CC[C@@H]1C=CC(C)(O)CC1. The van der Waals surface area contributed by atoms with Crippen LogP contribution in [0.1, 0.15) is 40.0 Å². The molecule has 1 nitrogen and oxygen atoms in total. The highest BCUT2D eigenvalue weighted by Gasteiger charge is 2.22. The summed E-state index contributed by atoms with van der Waals surface area (Å²) >= 11 is 0. The maximum Gasteiger partial charge on any atom is 0.0800 e. The molecule has 1 heteroatoms. The molecular weight excluding hydrogens is 160 g/mol. The van der Waals surface area contributed by atoms with Gasteiger partial charge in [-0.15, -0.1) is 0 Å². The van der Waals surface area contributed by atoms with Crippen molar-refractivity contribution < 1.29 is 5.11 Å². The predicted molar refractivity (Wildman–Crippen MR) is 56.5 cm³/mol. The van der Waals surface area contributed by atoms with Gasteiger partial charge in [0.05, 0.1) is 5.60 Å². The van der Waals surface area contributed by atoms with Gasteiger partial charge in [-0.1, -0.05) is 23.8 Å². The number of allylic oxidation sites excluding steroid dienone is 3. The van der Waals surface area contributed by atoms with Gasteiger partial charge < -0.3 is 5.11 Å². The quantitative estimate of drug-likeness (QED) is 0.647. The van der Waals surface area contributed by atoms with Crippen molar-refractivity contribution in [3.63, 3.8) is 0 Å². The fraction of sp³-hybridized carbons (Fsp3) is 0.667. The Kier molecular flexibility index (Phi) is 3.32. The molecule has 0 spiro atoms. The molecule has 0 radical (unpaired) electrons. The Hall–Kier alpha value is -0.560. The van der Waals surface area contributed by atoms with Gasteiger partial charge in [0.1, 0.15) is 0 Å². The molecule has 1 rings (SSSR count). The molecule has 1 N–H and O–H groups in total. The van der Waals surface area contributed by atoms with Gasteiger partial charge in [0, 0.05) is 0 Å². The highest BCUT2D eigenvalue weighted by atomic mass is 16.3. The molecule has 0 aliphatic heterocycles. The topological polar surface area (TPSA) is 20.2 Å². The fourth-order valence-corrected chi connectivity index (χ4v) is 1.58. The van der Waals surface area contributed by atoms with Crippen LogP contribution in [0, 0.1) is 5.92 Å². The highest BCUT2D eigenvalue weighted by Crippen LogP contribution is 2.27. The van der Waals surface area contributed by atoms with Crippen molar-refractivity contribution in [2.75, 3.05) is 0 Å². The molecule has 0 aromatic carbocycles. The summed E-state index contributed by atoms with van der Waals surface area (Å²) < 4.78 is 0. The lowest BCUT2D eigenvalue weighted by Crippen LogP contribution is -2.25. The van der Waals surface area contributed by atoms with Crippen LogP contribution in [-0.2, 0) is 0 Å². The Morgan fingerprint density at radius 1 is 1.62 bits per heavy atom. The second kappa shape index (κ2) is 4.10. The zero-order valence-corrected chi connectivity index (χ0v) is 8.88. The molecule has 1 aliphatic rings. The second-order valence-electron chi connectivity index (χ2n) is 4.53. The lowest BCUT2D eigenvalue weighted by molar-refractivity contribution is 0.0883. The molecule has 2 atom stereocenters. The van der Waals surface area contributed by atoms with Gasteiger partial charge >= 0.3 is 0 Å². The van der Waals surface area contributed by atoms with E-state index in [-0.39, 0.29) is 0 Å². The first kappa shape index (κ1) is 10.5. The van der Waals surface area contributed by atoms with Crippen LogP contribution in [0.2, 0.25) is 0 Å². The third kappa shape index (κ3) is 3.77. The molecular formula is C12H20O. The molecule has 0 fully saturated rings. The Bertz CT molecular complexity index is 219. The van der Waals surface area contributed by atoms with Crippen molar-refractivity contribution in [1.82, 2.24) is 0 Å². The molecule has 0 amide bonds. The smallest absolute Gasteiger partial charge is 0.0800 e. The molecule has 0 saturated carbocycles. The summed E-state index contributed by atoms with van der Waals surface area (Å²) in [6, 6.07) is 0. The molecule has 0 aromatic heterocycles. The number of hydrogen-bond acceptors (Lipinski definition) is 1. The minimum absolute atomic E-state index is 0.554. The first-order chi connectivity index (χ1) is 5.99. The third-order valence-corrected chi connectivity index (χ3v) is 2.58. The van der Waals surface area contributed by atoms with Crippen LogP contribution in [0.5, 0.6) is 0 Å². The zero-order valence-electron chi connectivity index (χ0n) is 8.88. The summed E-state index contributed by atoms with van der Waals surface area (Å²) in [5.41, 5.74) is 0.826. The largest absolute Gasteiger partial charge is 0.386 e. The summed E-state index contributed by atoms with van der Waals surface area (Å²) in [6.07, 6.45) is 9.49. The van der Waals surface area contributed by atoms with Crippen molar-refractivity contribution >= 4 is 0 Å². The van der Waals surface area contributed by atoms with E-state index < -0.39 is 5.60 Å². The van der Waals surface area contributed by atoms with Crippen LogP contribution in [0.4, 0.5) is 0 Å². The monoisotopic (exact) mass is 180 g/mol. The van der Waals surface area contributed by atoms with Crippen LogP contribution in [-0.4, -0.2) is 10.7 Å². The van der Waals surface area contributed by atoms with Crippen LogP contribution < -0.4 is 0 Å². The van der Waals surface area contributed by atoms with E-state index in [1.54, 1.807) is 0 Å². The van der Waals surface area contributed by atoms with Crippen LogP contribution in [0.3, 0.4) is 0 Å². The van der Waals surface area contributed by atoms with Gasteiger partial charge in [0.2, 0.25) is 0 Å². The van der Waals surface area contributed by atoms with E-state index in [1.807, 2.05) is 13.0 Å². The second-order valence-corrected chi connectivity index (χ2v) is 4.53. The van der Waals surface area contributed by atoms with Crippen molar-refractivity contribution in [3.05, 3.63) is 23.8 Å². The molecule has 0 heterocycles. The first-order valence-electron chi connectivity index (χ1n) is 5.05. The van der Waals surface area contributed by atoms with Crippen molar-refractivity contribution in [2.24, 2.45) is 5.92 Å². The van der Waals surface area contributed by atoms with Gasteiger partial charge in [-0.05, 0) is 46.0 Å². The average molecular weight is 180 g/mol. The first-order valence-corrected chi connectivity index (χ1v) is 5.05. The van der Waals surface area contributed by atoms with E-state index in [0.717, 1.165) is 19.3 Å². The summed E-state index contributed by atoms with van der Waals surface area (Å²) in [4.78, 5) is 0. The normalized spacial score (nSPS) is 33.1. The Balaban J connectivity index is 2.45. The predicted octanol–water partition coefficient (Wildman–Crippen LogP) is 3.06. The molecule has 0 aromatic rings. The number of hydrogen-bond donors (Lipinski definition) is 1. The van der Waals surface area contributed by atoms with Crippen molar-refractivity contribution in [3.8, 4) is 0 Å². The molecule has 13 heavy (non-hydrogen) atoms. The summed E-state index contributed by atoms with van der Waals surface area (Å²) in [7, 11) is 0. The van der Waals surface area contributed by atoms with E-state index in [4.69, 9.17) is 0 Å². The van der Waals surface area contributed by atoms with Crippen LogP contribution in [0.25, 0.3) is 0 Å². The minimum atomic E-state index is -0.554. The van der Waals surface area contributed by atoms with Crippen LogP contribution in [0.15, 0.2) is 23.8 Å². The van der Waals surface area contributed by atoms with Crippen molar-refractivity contribution in [2.45, 2.75) is 45.6 Å². The van der Waals surface area contributed by atoms with E-state index in [1.165, 1.54) is 5.57 Å². The van der Waals surface area contributed by atoms with Gasteiger partial charge in [-0.25, -0.2) is 0 Å². The standard InChI is InChI=1S/C12H20O/c1-10(2)4-5-11-6-8-12(3,13)9-7-11/h4,6,8,11,13H,5,7,9H2,1-3H3/t11-,12?/m1/s1. The third-order valence-electron chi connectivity index (χ3n) is 2.58. The van der Waals surface area contributed by atoms with E-state index in [2.05, 4.69) is 26.0 Å². The molecule has 1 unspecified atom stereocenters. The van der Waals surface area contributed by atoms with Crippen LogP contribution >= 0.6 is 0 Å². The van der Waals surface area contributed by atoms with E-state index in [0.29, 0.717) is 5.92 Å². The maximum absolute atomic E-state index is 9.67. The maximum atomic E-state index is 9.67. The van der Waals surface area contributed by atoms with Gasteiger partial charge in [0.15, 0.2) is 0 Å². The molecule has 1 aliphatic carbocycles. The average Bonchev–Trinajstić information content (AvgIpc) is 2.02. The van der Waals surface area contributed by atoms with Gasteiger partial charge in [-0.2, -0.15) is 0 Å². The lowest BCUT2D eigenvalue weighted by Gasteiger charge is -2.26. The Morgan fingerprint density at radius 2 is 2.31 bits per heavy atom. The highest BCUT2D eigenvalue weighted by molar-refractivity contribution is 5.08. The summed E-state index contributed by atoms with van der Waals surface area (Å²) in [5.74, 6) is 0.634. The Morgan fingerprint density at radius 3 is 2.77 bits per heavy atom. The lowest BCUT2D eigenvalue weighted by atomic mass is 9.85. The Labute approximate surface area is 81.2 Å². The molecule has 0 saturated heterocycles. The van der Waals surface area contributed by atoms with Gasteiger partial charge in [0.25, 0.3) is 0 Å². The number of rotatable bonds is 2. The van der Waals surface area contributed by atoms with E-state index in [9.17, 15) is 5.11 Å². The summed E-state index contributed by atoms with van der Waals surface area (Å²) in [6.45, 7) is 6.13. The zero-order chi connectivity index (χ0) is 9.90. The van der Waals surface area contributed by atoms with E-state index >= 15 is 0 Å². The summed E-state index contributed by atoms with van der Waals surface area (Å²) in [5, 5.41) is 9.67. The molecule has 74 valence electrons. The fourth-order valence-electron chi connectivity index (χ4n) is 1.58. The number of aliphatic hydroxyl groups is 1.